The van der Waals surface area contributed by atoms with Crippen molar-refractivity contribution >= 4 is 22.8 Å². The Morgan fingerprint density at radius 1 is 1.32 bits per heavy atom. The molecular formula is C16H18N6O3. The maximum absolute atomic E-state index is 12.1. The fraction of sp³-hybridized carbons (Fsp3) is 0.250. The van der Waals surface area contributed by atoms with Crippen LogP contribution in [0.3, 0.4) is 0 Å². The number of benzene rings is 1. The maximum atomic E-state index is 12.1. The van der Waals surface area contributed by atoms with Crippen molar-refractivity contribution in [1.82, 2.24) is 19.1 Å². The number of imidazole rings is 1. The van der Waals surface area contributed by atoms with E-state index in [1.165, 1.54) is 16.2 Å². The standard InChI is InChI=1S/C16H18N6O3/c1-10(11-6-4-3-5-7-11)19-20-15-17-13-12(22(15)8-9-23)14(24)18-16(25)21(13)2/h3-7,23H,8-9H2,1-2H3,(H,17,20)(H,18,24,25). The van der Waals surface area contributed by atoms with Crippen molar-refractivity contribution in [3.05, 3.63) is 56.7 Å². The first-order valence-electron chi connectivity index (χ1n) is 7.69. The molecule has 1 aromatic carbocycles. The zero-order chi connectivity index (χ0) is 18.0. The number of aryl methyl sites for hydroxylation is 1. The third kappa shape index (κ3) is 3.09. The molecule has 0 spiro atoms. The van der Waals surface area contributed by atoms with Crippen molar-refractivity contribution in [3.63, 3.8) is 0 Å². The summed E-state index contributed by atoms with van der Waals surface area (Å²) in [6, 6.07) is 9.57. The van der Waals surface area contributed by atoms with Crippen LogP contribution in [0.15, 0.2) is 45.0 Å². The fourth-order valence-corrected chi connectivity index (χ4v) is 2.52. The van der Waals surface area contributed by atoms with Gasteiger partial charge in [0.2, 0.25) is 5.95 Å². The summed E-state index contributed by atoms with van der Waals surface area (Å²) in [5.74, 6) is 0.269. The number of aliphatic hydroxyl groups is 1. The minimum absolute atomic E-state index is 0.139. The van der Waals surface area contributed by atoms with E-state index in [1.807, 2.05) is 37.3 Å². The normalized spacial score (nSPS) is 11.9. The third-order valence-corrected chi connectivity index (χ3v) is 3.85. The number of aliphatic hydroxyl groups excluding tert-OH is 1. The lowest BCUT2D eigenvalue weighted by Crippen LogP contribution is -2.29. The number of aromatic nitrogens is 4. The fourth-order valence-electron chi connectivity index (χ4n) is 2.52. The Labute approximate surface area is 142 Å². The van der Waals surface area contributed by atoms with E-state index in [0.717, 1.165) is 11.3 Å². The van der Waals surface area contributed by atoms with Gasteiger partial charge in [-0.2, -0.15) is 10.1 Å². The first kappa shape index (κ1) is 16.7. The van der Waals surface area contributed by atoms with E-state index in [0.29, 0.717) is 0 Å². The molecule has 3 N–H and O–H groups in total. The molecule has 0 saturated heterocycles. The first-order chi connectivity index (χ1) is 12.0. The SMILES string of the molecule is CC(=NNc1nc2c(c(=O)[nH]c(=O)n2C)n1CCO)c1ccccc1. The van der Waals surface area contributed by atoms with Crippen LogP contribution in [0.1, 0.15) is 12.5 Å². The maximum Gasteiger partial charge on any atom is 0.329 e. The average molecular weight is 342 g/mol. The molecule has 0 aliphatic carbocycles. The van der Waals surface area contributed by atoms with Crippen molar-refractivity contribution in [2.24, 2.45) is 12.1 Å². The molecule has 0 aliphatic heterocycles. The van der Waals surface area contributed by atoms with Gasteiger partial charge in [0.25, 0.3) is 5.56 Å². The molecule has 0 fully saturated rings. The second kappa shape index (κ2) is 6.73. The monoisotopic (exact) mass is 342 g/mol. The van der Waals surface area contributed by atoms with Crippen LogP contribution in [0.25, 0.3) is 11.2 Å². The first-order valence-corrected chi connectivity index (χ1v) is 7.69. The number of rotatable bonds is 5. The van der Waals surface area contributed by atoms with Crippen molar-refractivity contribution in [2.45, 2.75) is 13.5 Å². The summed E-state index contributed by atoms with van der Waals surface area (Å²) in [7, 11) is 1.51. The molecule has 0 bridgehead atoms. The van der Waals surface area contributed by atoms with Gasteiger partial charge >= 0.3 is 5.69 Å². The van der Waals surface area contributed by atoms with Gasteiger partial charge in [-0.25, -0.2) is 10.2 Å². The Morgan fingerprint density at radius 2 is 2.04 bits per heavy atom. The zero-order valence-corrected chi connectivity index (χ0v) is 13.9. The Hall–Kier alpha value is -3.20. The van der Waals surface area contributed by atoms with Crippen LogP contribution in [0, 0.1) is 0 Å². The van der Waals surface area contributed by atoms with Gasteiger partial charge in [-0.15, -0.1) is 0 Å². The van der Waals surface area contributed by atoms with Crippen LogP contribution in [-0.4, -0.2) is 36.5 Å². The highest BCUT2D eigenvalue weighted by Crippen LogP contribution is 2.15. The van der Waals surface area contributed by atoms with E-state index in [2.05, 4.69) is 20.5 Å². The quantitative estimate of drug-likeness (QED) is 0.454. The molecule has 9 heteroatoms. The van der Waals surface area contributed by atoms with Gasteiger partial charge in [0, 0.05) is 13.6 Å². The van der Waals surface area contributed by atoms with E-state index in [4.69, 9.17) is 0 Å². The van der Waals surface area contributed by atoms with Gasteiger partial charge in [0.1, 0.15) is 0 Å². The lowest BCUT2D eigenvalue weighted by atomic mass is 10.1. The Balaban J connectivity index is 2.08. The highest BCUT2D eigenvalue weighted by molar-refractivity contribution is 5.99. The molecule has 0 atom stereocenters. The number of aromatic amines is 1. The summed E-state index contributed by atoms with van der Waals surface area (Å²) in [5, 5.41) is 13.6. The zero-order valence-electron chi connectivity index (χ0n) is 13.9. The van der Waals surface area contributed by atoms with E-state index < -0.39 is 11.2 Å². The van der Waals surface area contributed by atoms with E-state index >= 15 is 0 Å². The van der Waals surface area contributed by atoms with Crippen LogP contribution >= 0.6 is 0 Å². The van der Waals surface area contributed by atoms with Crippen LogP contribution in [0.4, 0.5) is 5.95 Å². The topological polar surface area (TPSA) is 117 Å². The predicted octanol–water partition coefficient (Wildman–Crippen LogP) is 0.252. The summed E-state index contributed by atoms with van der Waals surface area (Å²) < 4.78 is 2.74. The summed E-state index contributed by atoms with van der Waals surface area (Å²) in [6.07, 6.45) is 0. The summed E-state index contributed by atoms with van der Waals surface area (Å²) >= 11 is 0. The molecule has 3 rings (SSSR count). The number of fused-ring (bicyclic) bond motifs is 1. The number of H-pyrrole nitrogens is 1. The number of hydrogen-bond donors (Lipinski definition) is 3. The average Bonchev–Trinajstić information content (AvgIpc) is 2.98. The molecule has 9 nitrogen and oxygen atoms in total. The molecule has 0 unspecified atom stereocenters. The minimum atomic E-state index is -0.559. The molecule has 0 amide bonds. The molecular weight excluding hydrogens is 324 g/mol. The lowest BCUT2D eigenvalue weighted by molar-refractivity contribution is 0.278. The molecule has 2 heterocycles. The molecule has 25 heavy (non-hydrogen) atoms. The van der Waals surface area contributed by atoms with Crippen molar-refractivity contribution in [3.8, 4) is 0 Å². The number of hydrazone groups is 1. The lowest BCUT2D eigenvalue weighted by Gasteiger charge is -2.07. The van der Waals surface area contributed by atoms with E-state index in [9.17, 15) is 14.7 Å². The largest absolute Gasteiger partial charge is 0.395 e. The number of hydrogen-bond acceptors (Lipinski definition) is 6. The number of nitrogens with zero attached hydrogens (tertiary/aromatic N) is 4. The van der Waals surface area contributed by atoms with Crippen molar-refractivity contribution in [1.29, 1.82) is 0 Å². The van der Waals surface area contributed by atoms with Gasteiger partial charge in [-0.1, -0.05) is 30.3 Å². The molecule has 130 valence electrons. The number of anilines is 1. The summed E-state index contributed by atoms with van der Waals surface area (Å²) in [6.45, 7) is 1.79. The Kier molecular flexibility index (Phi) is 4.48. The molecule has 0 aliphatic rings. The predicted molar refractivity (Wildman–Crippen MR) is 95.0 cm³/mol. The smallest absolute Gasteiger partial charge is 0.329 e. The van der Waals surface area contributed by atoms with Crippen LogP contribution in [-0.2, 0) is 13.6 Å². The highest BCUT2D eigenvalue weighted by atomic mass is 16.3. The summed E-state index contributed by atoms with van der Waals surface area (Å²) in [4.78, 5) is 30.4. The van der Waals surface area contributed by atoms with E-state index in [-0.39, 0.29) is 30.3 Å². The Bertz CT molecular complexity index is 1050. The second-order valence-corrected chi connectivity index (χ2v) is 5.48. The van der Waals surface area contributed by atoms with Gasteiger partial charge in [-0.05, 0) is 12.5 Å². The molecule has 0 saturated carbocycles. The third-order valence-electron chi connectivity index (χ3n) is 3.85. The van der Waals surface area contributed by atoms with Crippen LogP contribution in [0.5, 0.6) is 0 Å². The van der Waals surface area contributed by atoms with Crippen LogP contribution in [0.2, 0.25) is 0 Å². The molecule has 0 radical (unpaired) electrons. The molecule has 2 aromatic heterocycles. The highest BCUT2D eigenvalue weighted by Gasteiger charge is 2.16. The van der Waals surface area contributed by atoms with Gasteiger partial charge < -0.3 is 9.67 Å². The summed E-state index contributed by atoms with van der Waals surface area (Å²) in [5.41, 5.74) is 3.79. The van der Waals surface area contributed by atoms with Gasteiger partial charge in [-0.3, -0.25) is 14.3 Å². The van der Waals surface area contributed by atoms with Gasteiger partial charge in [0.15, 0.2) is 11.2 Å². The van der Waals surface area contributed by atoms with Crippen LogP contribution < -0.4 is 16.7 Å². The van der Waals surface area contributed by atoms with Crippen molar-refractivity contribution in [2.75, 3.05) is 12.0 Å². The van der Waals surface area contributed by atoms with Gasteiger partial charge in [0.05, 0.1) is 12.3 Å². The second-order valence-electron chi connectivity index (χ2n) is 5.48. The minimum Gasteiger partial charge on any atom is -0.395 e. The molecule has 3 aromatic rings. The Morgan fingerprint density at radius 3 is 2.72 bits per heavy atom. The van der Waals surface area contributed by atoms with Crippen molar-refractivity contribution < 1.29 is 5.11 Å². The van der Waals surface area contributed by atoms with E-state index in [1.54, 1.807) is 0 Å². The number of nitrogens with one attached hydrogen (secondary N) is 2.